The molecule has 0 aliphatic rings. The van der Waals surface area contributed by atoms with Gasteiger partial charge in [-0.15, -0.1) is 0 Å². The van der Waals surface area contributed by atoms with Gasteiger partial charge in [0, 0.05) is 6.61 Å². The van der Waals surface area contributed by atoms with Crippen LogP contribution in [0.5, 0.6) is 0 Å². The van der Waals surface area contributed by atoms with E-state index in [1.807, 2.05) is 0 Å². The Bertz CT molecular complexity index is 575. The summed E-state index contributed by atoms with van der Waals surface area (Å²) in [4.78, 5) is 0. The molecule has 0 atom stereocenters. The first-order valence-corrected chi connectivity index (χ1v) is 27.5. The molecule has 0 aliphatic carbocycles. The third-order valence-electron chi connectivity index (χ3n) is 13.3. The van der Waals surface area contributed by atoms with Crippen LogP contribution in [0.25, 0.3) is 0 Å². The van der Waals surface area contributed by atoms with E-state index in [0.717, 1.165) is 6.42 Å². The Morgan fingerprint density at radius 3 is 0.321 bits per heavy atom. The molecule has 1 heteroatoms. The van der Waals surface area contributed by atoms with Crippen LogP contribution in [0.1, 0.15) is 347 Å². The Balaban J connectivity index is 3.05. The fraction of sp³-hybridized carbons (Fsp3) is 1.00. The van der Waals surface area contributed by atoms with E-state index in [1.165, 1.54) is 334 Å². The van der Waals surface area contributed by atoms with Crippen molar-refractivity contribution in [1.29, 1.82) is 0 Å². The van der Waals surface area contributed by atoms with Gasteiger partial charge in [-0.3, -0.25) is 0 Å². The summed E-state index contributed by atoms with van der Waals surface area (Å²) in [6.45, 7) is 2.69. The van der Waals surface area contributed by atoms with Crippen LogP contribution >= 0.6 is 0 Å². The lowest BCUT2D eigenvalue weighted by Gasteiger charge is -2.05. The number of aliphatic hydroxyl groups excluding tert-OH is 1. The highest BCUT2D eigenvalue weighted by Crippen LogP contribution is 2.19. The fourth-order valence-electron chi connectivity index (χ4n) is 9.20. The van der Waals surface area contributed by atoms with Crippen molar-refractivity contribution in [3.63, 3.8) is 0 Å². The Hall–Kier alpha value is -0.0400. The molecule has 0 heterocycles. The maximum absolute atomic E-state index is 8.82. The van der Waals surface area contributed by atoms with Gasteiger partial charge in [-0.05, 0) is 6.42 Å². The molecular formula is C55H112O. The molecule has 338 valence electrons. The van der Waals surface area contributed by atoms with E-state index in [2.05, 4.69) is 6.92 Å². The van der Waals surface area contributed by atoms with Gasteiger partial charge in [-0.1, -0.05) is 341 Å². The van der Waals surface area contributed by atoms with Crippen LogP contribution < -0.4 is 0 Å². The minimum atomic E-state index is 0.375. The molecular weight excluding hydrogens is 677 g/mol. The van der Waals surface area contributed by atoms with Crippen LogP contribution in [0.4, 0.5) is 0 Å². The summed E-state index contributed by atoms with van der Waals surface area (Å²) in [6.07, 6.45) is 77.5. The predicted octanol–water partition coefficient (Wildman–Crippen LogP) is 20.7. The topological polar surface area (TPSA) is 20.2 Å². The van der Waals surface area contributed by atoms with Gasteiger partial charge in [-0.25, -0.2) is 0 Å². The molecule has 0 aromatic carbocycles. The third-order valence-corrected chi connectivity index (χ3v) is 13.3. The van der Waals surface area contributed by atoms with Crippen molar-refractivity contribution in [3.05, 3.63) is 0 Å². The molecule has 0 aromatic heterocycles. The van der Waals surface area contributed by atoms with Crippen LogP contribution in [0.15, 0.2) is 0 Å². The second-order valence-corrected chi connectivity index (χ2v) is 19.1. The lowest BCUT2D eigenvalue weighted by Crippen LogP contribution is -1.85. The largest absolute Gasteiger partial charge is 0.396 e. The maximum Gasteiger partial charge on any atom is 0.0431 e. The smallest absolute Gasteiger partial charge is 0.0431 e. The number of aliphatic hydroxyl groups is 1. The highest BCUT2D eigenvalue weighted by molar-refractivity contribution is 4.55. The van der Waals surface area contributed by atoms with E-state index in [1.54, 1.807) is 0 Å². The Labute approximate surface area is 357 Å². The van der Waals surface area contributed by atoms with Crippen LogP contribution in [-0.2, 0) is 0 Å². The Morgan fingerprint density at radius 2 is 0.232 bits per heavy atom. The van der Waals surface area contributed by atoms with E-state index in [-0.39, 0.29) is 0 Å². The van der Waals surface area contributed by atoms with Gasteiger partial charge >= 0.3 is 0 Å². The molecule has 0 rings (SSSR count). The summed E-state index contributed by atoms with van der Waals surface area (Å²) >= 11 is 0. The first kappa shape index (κ1) is 56.0. The minimum Gasteiger partial charge on any atom is -0.396 e. The highest BCUT2D eigenvalue weighted by Gasteiger charge is 1.99. The monoisotopic (exact) mass is 789 g/mol. The molecule has 1 nitrogen and oxygen atoms in total. The molecule has 56 heavy (non-hydrogen) atoms. The Kier molecular flexibility index (Phi) is 54.9. The van der Waals surface area contributed by atoms with E-state index in [9.17, 15) is 0 Å². The van der Waals surface area contributed by atoms with E-state index >= 15 is 0 Å². The highest BCUT2D eigenvalue weighted by atomic mass is 16.2. The predicted molar refractivity (Wildman–Crippen MR) is 257 cm³/mol. The first-order chi connectivity index (χ1) is 27.9. The average Bonchev–Trinajstić information content (AvgIpc) is 3.21. The second-order valence-electron chi connectivity index (χ2n) is 19.1. The molecule has 0 bridgehead atoms. The number of rotatable bonds is 53. The maximum atomic E-state index is 8.82. The summed E-state index contributed by atoms with van der Waals surface area (Å²) < 4.78 is 0. The standard InChI is InChI=1S/C55H112O/c1-2-3-4-5-6-7-8-9-10-11-12-13-14-15-16-17-18-19-20-21-22-23-24-25-26-27-28-29-30-31-32-33-34-35-36-37-38-39-40-41-42-43-44-45-46-47-48-49-50-51-52-53-54-55-56/h56H,2-55H2,1H3. The van der Waals surface area contributed by atoms with Gasteiger partial charge in [0.25, 0.3) is 0 Å². The summed E-state index contributed by atoms with van der Waals surface area (Å²) in [5.74, 6) is 0. The lowest BCUT2D eigenvalue weighted by molar-refractivity contribution is 0.282. The normalized spacial score (nSPS) is 11.7. The Morgan fingerprint density at radius 1 is 0.143 bits per heavy atom. The zero-order valence-electron chi connectivity index (χ0n) is 39.6. The van der Waals surface area contributed by atoms with E-state index in [4.69, 9.17) is 5.11 Å². The SMILES string of the molecule is CCCCCCCCCCCCCCCCCCCCCCCCCCCCCCCCCCCCCCCCCCCCCCCCCCCCCCCO. The number of hydrogen-bond donors (Lipinski definition) is 1. The number of unbranched alkanes of at least 4 members (excludes halogenated alkanes) is 52. The minimum absolute atomic E-state index is 0.375. The molecule has 1 N–H and O–H groups in total. The lowest BCUT2D eigenvalue weighted by atomic mass is 10.0. The van der Waals surface area contributed by atoms with Crippen molar-refractivity contribution < 1.29 is 5.11 Å². The molecule has 0 amide bonds. The first-order valence-electron chi connectivity index (χ1n) is 27.5. The third kappa shape index (κ3) is 54.0. The molecule has 0 aliphatic heterocycles. The van der Waals surface area contributed by atoms with Crippen molar-refractivity contribution in [2.24, 2.45) is 0 Å². The summed E-state index contributed by atoms with van der Waals surface area (Å²) in [5, 5.41) is 8.82. The summed E-state index contributed by atoms with van der Waals surface area (Å²) in [7, 11) is 0. The number of hydrogen-bond acceptors (Lipinski definition) is 1. The zero-order chi connectivity index (χ0) is 40.2. The van der Waals surface area contributed by atoms with Gasteiger partial charge < -0.3 is 5.11 Å². The summed E-state index contributed by atoms with van der Waals surface area (Å²) in [5.41, 5.74) is 0. The van der Waals surface area contributed by atoms with E-state index < -0.39 is 0 Å². The van der Waals surface area contributed by atoms with Crippen LogP contribution in [-0.4, -0.2) is 11.7 Å². The molecule has 0 spiro atoms. The molecule has 0 radical (unpaired) electrons. The average molecular weight is 789 g/mol. The van der Waals surface area contributed by atoms with Gasteiger partial charge in [0.1, 0.15) is 0 Å². The molecule has 0 saturated carbocycles. The van der Waals surface area contributed by atoms with Crippen molar-refractivity contribution in [2.75, 3.05) is 6.61 Å². The quantitative estimate of drug-likeness (QED) is 0.0609. The van der Waals surface area contributed by atoms with Crippen molar-refractivity contribution in [2.45, 2.75) is 347 Å². The van der Waals surface area contributed by atoms with Gasteiger partial charge in [0.05, 0.1) is 0 Å². The van der Waals surface area contributed by atoms with E-state index in [0.29, 0.717) is 6.61 Å². The van der Waals surface area contributed by atoms with Gasteiger partial charge in [0.2, 0.25) is 0 Å². The molecule has 0 fully saturated rings. The van der Waals surface area contributed by atoms with Crippen LogP contribution in [0.2, 0.25) is 0 Å². The zero-order valence-corrected chi connectivity index (χ0v) is 39.6. The van der Waals surface area contributed by atoms with Gasteiger partial charge in [-0.2, -0.15) is 0 Å². The van der Waals surface area contributed by atoms with Crippen molar-refractivity contribution >= 4 is 0 Å². The fourth-order valence-corrected chi connectivity index (χ4v) is 9.20. The van der Waals surface area contributed by atoms with Crippen LogP contribution in [0, 0.1) is 0 Å². The molecule has 0 saturated heterocycles. The van der Waals surface area contributed by atoms with Gasteiger partial charge in [0.15, 0.2) is 0 Å². The molecule has 0 aromatic rings. The summed E-state index contributed by atoms with van der Waals surface area (Å²) in [6, 6.07) is 0. The van der Waals surface area contributed by atoms with Crippen molar-refractivity contribution in [1.82, 2.24) is 0 Å². The second kappa shape index (κ2) is 55.0. The van der Waals surface area contributed by atoms with Crippen LogP contribution in [0.3, 0.4) is 0 Å². The van der Waals surface area contributed by atoms with Crippen molar-refractivity contribution in [3.8, 4) is 0 Å². The molecule has 0 unspecified atom stereocenters.